The minimum Gasteiger partial charge on any atom is -0.385 e. The first-order chi connectivity index (χ1) is 19.8. The van der Waals surface area contributed by atoms with Gasteiger partial charge in [0, 0.05) is 29.9 Å². The first-order valence-corrected chi connectivity index (χ1v) is 14.2. The van der Waals surface area contributed by atoms with E-state index < -0.39 is 23.4 Å². The molecule has 3 aromatic rings. The van der Waals surface area contributed by atoms with Gasteiger partial charge in [-0.3, -0.25) is 0 Å². The Morgan fingerprint density at radius 3 is 2.51 bits per heavy atom. The van der Waals surface area contributed by atoms with Crippen molar-refractivity contribution in [3.05, 3.63) is 71.3 Å². The average Bonchev–Trinajstić information content (AvgIpc) is 2.96. The molecule has 10 heteroatoms. The standard InChI is InChI=1S/C31H39F2N7O/c1-6-15-34-21(5)22-14-13-20(4)23(18-22)27-24-19-36-31(41)40(28-25(32)11-9-12-26(28)33)29(24)38-30(37-27)35-16-10-17-39(7-2)8-3/h9,11-14,18,34H,5-8,10,15-17,19H2,1-4H3,(H,36,41)(H,35,37,38). The summed E-state index contributed by atoms with van der Waals surface area (Å²) in [7, 11) is 0. The maximum Gasteiger partial charge on any atom is 0.328 e. The summed E-state index contributed by atoms with van der Waals surface area (Å²) in [5.41, 5.74) is 4.11. The number of fused-ring (bicyclic) bond motifs is 1. The van der Waals surface area contributed by atoms with Crippen molar-refractivity contribution in [3.8, 4) is 11.3 Å². The molecule has 2 heterocycles. The van der Waals surface area contributed by atoms with Crippen LogP contribution in [0.5, 0.6) is 0 Å². The van der Waals surface area contributed by atoms with E-state index in [0.717, 1.165) is 78.4 Å². The van der Waals surface area contributed by atoms with Gasteiger partial charge in [0.2, 0.25) is 5.95 Å². The summed E-state index contributed by atoms with van der Waals surface area (Å²) >= 11 is 0. The fraction of sp³-hybridized carbons (Fsp3) is 0.387. The second-order valence-electron chi connectivity index (χ2n) is 10.0. The number of hydrogen-bond donors (Lipinski definition) is 3. The zero-order valence-corrected chi connectivity index (χ0v) is 24.3. The molecule has 0 saturated heterocycles. The molecule has 2 aromatic carbocycles. The molecule has 41 heavy (non-hydrogen) atoms. The molecule has 3 N–H and O–H groups in total. The molecular weight excluding hydrogens is 524 g/mol. The largest absolute Gasteiger partial charge is 0.385 e. The van der Waals surface area contributed by atoms with Crippen molar-refractivity contribution < 1.29 is 13.6 Å². The van der Waals surface area contributed by atoms with Crippen LogP contribution in [0.15, 0.2) is 43.0 Å². The number of nitrogens with one attached hydrogen (secondary N) is 3. The Kier molecular flexibility index (Phi) is 9.88. The number of urea groups is 1. The van der Waals surface area contributed by atoms with Gasteiger partial charge in [-0.05, 0) is 68.7 Å². The molecule has 0 saturated carbocycles. The van der Waals surface area contributed by atoms with Crippen molar-refractivity contribution in [2.24, 2.45) is 0 Å². The number of nitrogens with zero attached hydrogens (tertiary/aromatic N) is 4. The highest BCUT2D eigenvalue weighted by atomic mass is 19.1. The summed E-state index contributed by atoms with van der Waals surface area (Å²) in [6.07, 6.45) is 1.81. The van der Waals surface area contributed by atoms with E-state index in [0.29, 0.717) is 17.8 Å². The van der Waals surface area contributed by atoms with Crippen LogP contribution >= 0.6 is 0 Å². The zero-order chi connectivity index (χ0) is 29.5. The molecule has 0 aliphatic carbocycles. The van der Waals surface area contributed by atoms with Gasteiger partial charge in [-0.2, -0.15) is 4.98 Å². The van der Waals surface area contributed by atoms with Crippen LogP contribution in [0.1, 0.15) is 50.3 Å². The topological polar surface area (TPSA) is 85.4 Å². The highest BCUT2D eigenvalue weighted by Crippen LogP contribution is 2.39. The first kappa shape index (κ1) is 29.9. The lowest BCUT2D eigenvalue weighted by Gasteiger charge is -2.31. The Balaban J connectivity index is 1.83. The lowest BCUT2D eigenvalue weighted by Crippen LogP contribution is -2.43. The number of rotatable bonds is 13. The molecule has 0 bridgehead atoms. The Bertz CT molecular complexity index is 1390. The third kappa shape index (κ3) is 6.65. The minimum absolute atomic E-state index is 0.108. The predicted octanol–water partition coefficient (Wildman–Crippen LogP) is 6.21. The number of aryl methyl sites for hydroxylation is 1. The number of benzene rings is 2. The van der Waals surface area contributed by atoms with E-state index in [2.05, 4.69) is 53.2 Å². The molecule has 8 nitrogen and oxygen atoms in total. The number of amides is 2. The van der Waals surface area contributed by atoms with Gasteiger partial charge in [0.25, 0.3) is 0 Å². The summed E-state index contributed by atoms with van der Waals surface area (Å²) in [6.45, 7) is 16.8. The molecule has 0 spiro atoms. The zero-order valence-electron chi connectivity index (χ0n) is 24.3. The number of para-hydroxylation sites is 1. The number of aromatic nitrogens is 2. The van der Waals surface area contributed by atoms with Crippen molar-refractivity contribution in [2.75, 3.05) is 42.9 Å². The van der Waals surface area contributed by atoms with Gasteiger partial charge in [-0.1, -0.05) is 45.5 Å². The van der Waals surface area contributed by atoms with Crippen molar-refractivity contribution >= 4 is 29.2 Å². The highest BCUT2D eigenvalue weighted by Gasteiger charge is 2.34. The second kappa shape index (κ2) is 13.5. The van der Waals surface area contributed by atoms with Gasteiger partial charge in [-0.15, -0.1) is 0 Å². The first-order valence-electron chi connectivity index (χ1n) is 14.2. The minimum atomic E-state index is -0.863. The van der Waals surface area contributed by atoms with Crippen LogP contribution in [0.25, 0.3) is 17.0 Å². The second-order valence-corrected chi connectivity index (χ2v) is 10.0. The lowest BCUT2D eigenvalue weighted by molar-refractivity contribution is 0.246. The third-order valence-electron chi connectivity index (χ3n) is 7.24. The molecule has 218 valence electrons. The van der Waals surface area contributed by atoms with E-state index in [9.17, 15) is 13.6 Å². The Hall–Kier alpha value is -4.05. The van der Waals surface area contributed by atoms with Crippen LogP contribution in [0.4, 0.5) is 31.0 Å². The maximum absolute atomic E-state index is 15.0. The summed E-state index contributed by atoms with van der Waals surface area (Å²) in [5, 5.41) is 9.36. The smallest absolute Gasteiger partial charge is 0.328 e. The lowest BCUT2D eigenvalue weighted by atomic mass is 9.97. The van der Waals surface area contributed by atoms with Gasteiger partial charge in [-0.25, -0.2) is 23.5 Å². The molecule has 1 aliphatic rings. The number of anilines is 3. The Morgan fingerprint density at radius 2 is 1.83 bits per heavy atom. The molecule has 0 radical (unpaired) electrons. The summed E-state index contributed by atoms with van der Waals surface area (Å²) in [5.74, 6) is -1.30. The van der Waals surface area contributed by atoms with Crippen molar-refractivity contribution in [3.63, 3.8) is 0 Å². The van der Waals surface area contributed by atoms with Crippen LogP contribution in [0.2, 0.25) is 0 Å². The van der Waals surface area contributed by atoms with E-state index in [4.69, 9.17) is 4.98 Å². The van der Waals surface area contributed by atoms with Gasteiger partial charge in [0.1, 0.15) is 17.3 Å². The van der Waals surface area contributed by atoms with Crippen molar-refractivity contribution in [1.82, 2.24) is 25.5 Å². The average molecular weight is 564 g/mol. The van der Waals surface area contributed by atoms with Gasteiger partial charge in [0.15, 0.2) is 5.82 Å². The fourth-order valence-corrected chi connectivity index (χ4v) is 4.86. The quantitative estimate of drug-likeness (QED) is 0.215. The number of halogens is 2. The summed E-state index contributed by atoms with van der Waals surface area (Å²) in [4.78, 5) is 25.9. The highest BCUT2D eigenvalue weighted by molar-refractivity contribution is 6.02. The molecule has 1 aromatic heterocycles. The summed E-state index contributed by atoms with van der Waals surface area (Å²) < 4.78 is 30.0. The van der Waals surface area contributed by atoms with Gasteiger partial charge in [0.05, 0.1) is 12.2 Å². The number of carbonyl (C=O) groups is 1. The van der Waals surface area contributed by atoms with Gasteiger partial charge >= 0.3 is 6.03 Å². The van der Waals surface area contributed by atoms with E-state index in [1.165, 1.54) is 6.07 Å². The SMILES string of the molecule is C=C(NCCC)c1ccc(C)c(-c2nc(NCCCN(CC)CC)nc3c2CNC(=O)N3c2c(F)cccc2F)c1. The van der Waals surface area contributed by atoms with Crippen LogP contribution in [-0.4, -0.2) is 53.6 Å². The Labute approximate surface area is 240 Å². The summed E-state index contributed by atoms with van der Waals surface area (Å²) in [6, 6.07) is 8.82. The number of hydrogen-bond acceptors (Lipinski definition) is 6. The molecule has 4 rings (SSSR count). The monoisotopic (exact) mass is 563 g/mol. The molecule has 2 amide bonds. The normalized spacial score (nSPS) is 12.8. The van der Waals surface area contributed by atoms with Crippen LogP contribution in [0, 0.1) is 18.6 Å². The van der Waals surface area contributed by atoms with Crippen LogP contribution in [0.3, 0.4) is 0 Å². The maximum atomic E-state index is 15.0. The van der Waals surface area contributed by atoms with Crippen molar-refractivity contribution in [1.29, 1.82) is 0 Å². The third-order valence-corrected chi connectivity index (χ3v) is 7.24. The molecular formula is C31H39F2N7O. The van der Waals surface area contributed by atoms with Crippen molar-refractivity contribution in [2.45, 2.75) is 47.1 Å². The molecule has 0 unspecified atom stereocenters. The number of carbonyl (C=O) groups excluding carboxylic acids is 1. The van der Waals surface area contributed by atoms with Crippen LogP contribution < -0.4 is 20.9 Å². The van der Waals surface area contributed by atoms with E-state index in [-0.39, 0.29) is 18.3 Å². The predicted molar refractivity (Wildman–Crippen MR) is 161 cm³/mol. The van der Waals surface area contributed by atoms with Crippen LogP contribution in [-0.2, 0) is 6.54 Å². The fourth-order valence-electron chi connectivity index (χ4n) is 4.86. The van der Waals surface area contributed by atoms with Gasteiger partial charge < -0.3 is 20.9 Å². The Morgan fingerprint density at radius 1 is 1.10 bits per heavy atom. The molecule has 0 atom stereocenters. The van der Waals surface area contributed by atoms with E-state index in [1.807, 2.05) is 25.1 Å². The molecule has 0 fully saturated rings. The van der Waals surface area contributed by atoms with E-state index >= 15 is 0 Å². The molecule has 1 aliphatic heterocycles. The van der Waals surface area contributed by atoms with E-state index in [1.54, 1.807) is 0 Å².